The molecule has 0 aliphatic carbocycles. The van der Waals surface area contributed by atoms with Crippen LogP contribution in [0.25, 0.3) is 11.0 Å². The molecule has 1 aliphatic heterocycles. The number of hydrogen-bond acceptors (Lipinski definition) is 6. The molecule has 7 nitrogen and oxygen atoms in total. The summed E-state index contributed by atoms with van der Waals surface area (Å²) in [5.74, 6) is 0.854. The summed E-state index contributed by atoms with van der Waals surface area (Å²) in [5, 5.41) is 9.82. The first-order valence-corrected chi connectivity index (χ1v) is 10.9. The Kier molecular flexibility index (Phi) is 6.19. The number of amides is 1. The van der Waals surface area contributed by atoms with Gasteiger partial charge in [0.1, 0.15) is 5.58 Å². The van der Waals surface area contributed by atoms with E-state index in [0.717, 1.165) is 11.1 Å². The number of hydrogen-bond donors (Lipinski definition) is 1. The summed E-state index contributed by atoms with van der Waals surface area (Å²) in [6, 6.07) is 10.2. The molecule has 32 heavy (non-hydrogen) atoms. The minimum Gasteiger partial charge on any atom is -0.490 e. The van der Waals surface area contributed by atoms with Gasteiger partial charge in [0.2, 0.25) is 5.76 Å². The number of carbonyl (C=O) groups excluding carboxylic acids is 1. The van der Waals surface area contributed by atoms with E-state index in [2.05, 4.69) is 0 Å². The lowest BCUT2D eigenvalue weighted by atomic mass is 9.97. The first kappa shape index (κ1) is 21.9. The molecule has 0 fully saturated rings. The molecule has 0 saturated heterocycles. The van der Waals surface area contributed by atoms with Crippen LogP contribution in [-0.2, 0) is 0 Å². The Morgan fingerprint density at radius 3 is 2.50 bits per heavy atom. The van der Waals surface area contributed by atoms with Crippen LogP contribution in [0.5, 0.6) is 11.5 Å². The Morgan fingerprint density at radius 1 is 1.03 bits per heavy atom. The summed E-state index contributed by atoms with van der Waals surface area (Å²) in [6.07, 6.45) is 0.387. The first-order valence-electron chi connectivity index (χ1n) is 10.9. The molecule has 1 aliphatic rings. The van der Waals surface area contributed by atoms with Gasteiger partial charge in [-0.05, 0) is 57.0 Å². The van der Waals surface area contributed by atoms with Crippen molar-refractivity contribution in [3.05, 3.63) is 69.1 Å². The zero-order valence-electron chi connectivity index (χ0n) is 18.5. The van der Waals surface area contributed by atoms with Gasteiger partial charge < -0.3 is 23.9 Å². The van der Waals surface area contributed by atoms with Crippen molar-refractivity contribution in [1.82, 2.24) is 4.90 Å². The van der Waals surface area contributed by atoms with Gasteiger partial charge in [-0.25, -0.2) is 0 Å². The van der Waals surface area contributed by atoms with Gasteiger partial charge >= 0.3 is 0 Å². The highest BCUT2D eigenvalue weighted by Gasteiger charge is 2.42. The summed E-state index contributed by atoms with van der Waals surface area (Å²) in [4.78, 5) is 28.4. The van der Waals surface area contributed by atoms with Gasteiger partial charge in [0.25, 0.3) is 5.91 Å². The summed E-state index contributed by atoms with van der Waals surface area (Å²) >= 11 is 0. The summed E-state index contributed by atoms with van der Waals surface area (Å²) in [7, 11) is 0. The zero-order valence-corrected chi connectivity index (χ0v) is 18.5. The largest absolute Gasteiger partial charge is 0.490 e. The Labute approximate surface area is 186 Å². The maximum atomic E-state index is 13.6. The number of rotatable bonds is 8. The van der Waals surface area contributed by atoms with E-state index in [1.165, 1.54) is 0 Å². The molecule has 0 bridgehead atoms. The normalized spacial score (nSPS) is 15.3. The molecule has 0 spiro atoms. The van der Waals surface area contributed by atoms with Gasteiger partial charge in [0.15, 0.2) is 16.9 Å². The Morgan fingerprint density at radius 2 is 1.78 bits per heavy atom. The smallest absolute Gasteiger partial charge is 0.290 e. The number of aliphatic hydroxyl groups is 1. The van der Waals surface area contributed by atoms with E-state index in [1.807, 2.05) is 39.0 Å². The zero-order chi connectivity index (χ0) is 22.8. The van der Waals surface area contributed by atoms with Crippen LogP contribution >= 0.6 is 0 Å². The maximum absolute atomic E-state index is 13.6. The average molecular weight is 437 g/mol. The molecule has 1 N–H and O–H groups in total. The van der Waals surface area contributed by atoms with E-state index >= 15 is 0 Å². The summed E-state index contributed by atoms with van der Waals surface area (Å²) in [6.45, 7) is 6.84. The second kappa shape index (κ2) is 9.04. The second-order valence-electron chi connectivity index (χ2n) is 7.72. The Hall–Kier alpha value is -3.32. The fraction of sp³-hybridized carbons (Fsp3) is 0.360. The summed E-state index contributed by atoms with van der Waals surface area (Å²) < 4.78 is 17.4. The van der Waals surface area contributed by atoms with Gasteiger partial charge in [0.05, 0.1) is 30.2 Å². The first-order chi connectivity index (χ1) is 15.5. The van der Waals surface area contributed by atoms with E-state index in [0.29, 0.717) is 47.7 Å². The van der Waals surface area contributed by atoms with Crippen LogP contribution in [0, 0.1) is 6.92 Å². The second-order valence-corrected chi connectivity index (χ2v) is 7.72. The number of aryl methyl sites for hydroxylation is 1. The van der Waals surface area contributed by atoms with Gasteiger partial charge in [0, 0.05) is 13.2 Å². The molecule has 1 amide bonds. The van der Waals surface area contributed by atoms with Gasteiger partial charge in [-0.3, -0.25) is 9.59 Å². The van der Waals surface area contributed by atoms with Crippen LogP contribution in [0.3, 0.4) is 0 Å². The monoisotopic (exact) mass is 437 g/mol. The predicted molar refractivity (Wildman–Crippen MR) is 121 cm³/mol. The standard InChI is InChI=1S/C25H27NO6/c1-4-30-19-10-8-16(14-20(19)31-5-2)22-21-23(28)17-13-15(3)7-9-18(17)32-24(21)25(29)26(22)11-6-12-27/h7-10,13-14,22,27H,4-6,11-12H2,1-3H3. The third kappa shape index (κ3) is 3.73. The molecule has 0 saturated carbocycles. The number of ether oxygens (including phenoxy) is 2. The van der Waals surface area contributed by atoms with Crippen LogP contribution in [0.15, 0.2) is 45.6 Å². The molecular weight excluding hydrogens is 410 g/mol. The van der Waals surface area contributed by atoms with Crippen molar-refractivity contribution in [2.45, 2.75) is 33.2 Å². The number of carbonyl (C=O) groups is 1. The average Bonchev–Trinajstić information content (AvgIpc) is 3.06. The maximum Gasteiger partial charge on any atom is 0.290 e. The van der Waals surface area contributed by atoms with Gasteiger partial charge in [-0.1, -0.05) is 17.7 Å². The highest BCUT2D eigenvalue weighted by atomic mass is 16.5. The van der Waals surface area contributed by atoms with Crippen molar-refractivity contribution >= 4 is 16.9 Å². The highest BCUT2D eigenvalue weighted by Crippen LogP contribution is 2.41. The van der Waals surface area contributed by atoms with Crippen LogP contribution in [0.2, 0.25) is 0 Å². The van der Waals surface area contributed by atoms with Gasteiger partial charge in [-0.15, -0.1) is 0 Å². The molecule has 4 rings (SSSR count). The quantitative estimate of drug-likeness (QED) is 0.576. The van der Waals surface area contributed by atoms with Gasteiger partial charge in [-0.2, -0.15) is 0 Å². The molecule has 3 aromatic rings. The number of fused-ring (bicyclic) bond motifs is 2. The predicted octanol–water partition coefficient (Wildman–Crippen LogP) is 3.83. The van der Waals surface area contributed by atoms with Crippen LogP contribution in [0.4, 0.5) is 0 Å². The number of nitrogens with zero attached hydrogens (tertiary/aromatic N) is 1. The fourth-order valence-electron chi connectivity index (χ4n) is 4.19. The van der Waals surface area contributed by atoms with E-state index in [9.17, 15) is 14.7 Å². The fourth-order valence-corrected chi connectivity index (χ4v) is 4.19. The molecule has 1 aromatic heterocycles. The molecule has 1 atom stereocenters. The Balaban J connectivity index is 1.93. The third-order valence-electron chi connectivity index (χ3n) is 5.56. The summed E-state index contributed by atoms with van der Waals surface area (Å²) in [5.41, 5.74) is 2.14. The topological polar surface area (TPSA) is 89.2 Å². The highest BCUT2D eigenvalue weighted by molar-refractivity contribution is 5.99. The molecule has 2 aromatic carbocycles. The molecule has 7 heteroatoms. The molecular formula is C25H27NO6. The van der Waals surface area contributed by atoms with Crippen molar-refractivity contribution in [1.29, 1.82) is 0 Å². The van der Waals surface area contributed by atoms with Crippen molar-refractivity contribution in [3.63, 3.8) is 0 Å². The van der Waals surface area contributed by atoms with E-state index in [1.54, 1.807) is 23.1 Å². The third-order valence-corrected chi connectivity index (χ3v) is 5.56. The van der Waals surface area contributed by atoms with Crippen molar-refractivity contribution < 1.29 is 23.8 Å². The molecule has 0 radical (unpaired) electrons. The molecule has 168 valence electrons. The number of benzene rings is 2. The van der Waals surface area contributed by atoms with E-state index < -0.39 is 6.04 Å². The molecule has 1 unspecified atom stereocenters. The van der Waals surface area contributed by atoms with E-state index in [-0.39, 0.29) is 30.2 Å². The van der Waals surface area contributed by atoms with Crippen LogP contribution in [-0.4, -0.2) is 42.3 Å². The van der Waals surface area contributed by atoms with Crippen LogP contribution in [0.1, 0.15) is 53.6 Å². The molecule has 2 heterocycles. The minimum absolute atomic E-state index is 0.0566. The lowest BCUT2D eigenvalue weighted by Crippen LogP contribution is -2.31. The lowest BCUT2D eigenvalue weighted by Gasteiger charge is -2.25. The minimum atomic E-state index is -0.639. The Bertz CT molecular complexity index is 1220. The van der Waals surface area contributed by atoms with Crippen molar-refractivity contribution in [3.8, 4) is 11.5 Å². The number of aliphatic hydroxyl groups excluding tert-OH is 1. The van der Waals surface area contributed by atoms with Crippen LogP contribution < -0.4 is 14.9 Å². The van der Waals surface area contributed by atoms with Crippen molar-refractivity contribution in [2.75, 3.05) is 26.4 Å². The van der Waals surface area contributed by atoms with Crippen molar-refractivity contribution in [2.24, 2.45) is 0 Å². The SMILES string of the molecule is CCOc1ccc(C2c3c(oc4ccc(C)cc4c3=O)C(=O)N2CCCO)cc1OCC. The lowest BCUT2D eigenvalue weighted by molar-refractivity contribution is 0.0716. The van der Waals surface area contributed by atoms with E-state index in [4.69, 9.17) is 13.9 Å².